The van der Waals surface area contributed by atoms with Crippen LogP contribution in [-0.2, 0) is 6.18 Å². The minimum absolute atomic E-state index is 0.217. The molecule has 1 fully saturated rings. The average molecular weight is 465 g/mol. The number of benzene rings is 2. The van der Waals surface area contributed by atoms with Gasteiger partial charge in [0.15, 0.2) is 11.5 Å². The zero-order valence-electron chi connectivity index (χ0n) is 17.9. The summed E-state index contributed by atoms with van der Waals surface area (Å²) in [6.45, 7) is 3.03. The van der Waals surface area contributed by atoms with E-state index in [1.165, 1.54) is 12.1 Å². The van der Waals surface area contributed by atoms with Gasteiger partial charge in [-0.15, -0.1) is 0 Å². The molecule has 0 aromatic heterocycles. The number of likely N-dealkylation sites (tertiary alicyclic amines) is 1. The van der Waals surface area contributed by atoms with Crippen molar-refractivity contribution in [3.8, 4) is 11.5 Å². The Labute approximate surface area is 189 Å². The molecule has 0 unspecified atom stereocenters. The molecule has 4 rings (SSSR count). The van der Waals surface area contributed by atoms with Gasteiger partial charge in [0, 0.05) is 12.2 Å². The SMILES string of the molecule is O=C(Nc1ccc(C(F)(F)F)cc1)N[C@H](CN1CCCC1)[C@H](O)c1ccc2c(c1)OCCO2. The molecule has 33 heavy (non-hydrogen) atoms. The van der Waals surface area contributed by atoms with Crippen LogP contribution in [0.5, 0.6) is 11.5 Å². The van der Waals surface area contributed by atoms with Gasteiger partial charge >= 0.3 is 12.2 Å². The monoisotopic (exact) mass is 465 g/mol. The maximum atomic E-state index is 12.8. The Morgan fingerprint density at radius 2 is 1.70 bits per heavy atom. The molecule has 0 aliphatic carbocycles. The minimum Gasteiger partial charge on any atom is -0.486 e. The number of amides is 2. The van der Waals surface area contributed by atoms with E-state index < -0.39 is 29.9 Å². The van der Waals surface area contributed by atoms with E-state index >= 15 is 0 Å². The van der Waals surface area contributed by atoms with Crippen LogP contribution in [0.3, 0.4) is 0 Å². The molecule has 2 amide bonds. The van der Waals surface area contributed by atoms with Crippen LogP contribution in [0.1, 0.15) is 30.1 Å². The molecule has 10 heteroatoms. The van der Waals surface area contributed by atoms with Crippen LogP contribution >= 0.6 is 0 Å². The zero-order chi connectivity index (χ0) is 23.4. The summed E-state index contributed by atoms with van der Waals surface area (Å²) in [6, 6.07) is 8.07. The van der Waals surface area contributed by atoms with Gasteiger partial charge in [-0.2, -0.15) is 13.2 Å². The second-order valence-electron chi connectivity index (χ2n) is 8.14. The summed E-state index contributed by atoms with van der Waals surface area (Å²) in [7, 11) is 0. The lowest BCUT2D eigenvalue weighted by Gasteiger charge is -2.29. The summed E-state index contributed by atoms with van der Waals surface area (Å²) in [5.41, 5.74) is -0.0121. The molecule has 0 saturated carbocycles. The van der Waals surface area contributed by atoms with Crippen molar-refractivity contribution in [1.82, 2.24) is 10.2 Å². The Bertz CT molecular complexity index is 962. The minimum atomic E-state index is -4.45. The Morgan fingerprint density at radius 1 is 1.03 bits per heavy atom. The molecule has 2 atom stereocenters. The summed E-state index contributed by atoms with van der Waals surface area (Å²) in [5.74, 6) is 1.13. The van der Waals surface area contributed by atoms with Gasteiger partial charge in [-0.1, -0.05) is 6.07 Å². The highest BCUT2D eigenvalue weighted by Crippen LogP contribution is 2.34. The number of ether oxygens (including phenoxy) is 2. The van der Waals surface area contributed by atoms with Crippen molar-refractivity contribution < 1.29 is 32.5 Å². The fourth-order valence-corrected chi connectivity index (χ4v) is 4.02. The highest BCUT2D eigenvalue weighted by molar-refractivity contribution is 5.89. The van der Waals surface area contributed by atoms with Gasteiger partial charge in [-0.3, -0.25) is 0 Å². The van der Waals surface area contributed by atoms with E-state index in [0.717, 1.165) is 38.1 Å². The number of halogens is 3. The molecule has 2 aliphatic heterocycles. The van der Waals surface area contributed by atoms with Crippen molar-refractivity contribution in [2.45, 2.75) is 31.2 Å². The maximum Gasteiger partial charge on any atom is 0.416 e. The molecule has 0 bridgehead atoms. The number of aliphatic hydroxyl groups is 1. The molecule has 0 radical (unpaired) electrons. The van der Waals surface area contributed by atoms with Crippen LogP contribution in [-0.4, -0.2) is 54.9 Å². The second-order valence-corrected chi connectivity index (χ2v) is 8.14. The van der Waals surface area contributed by atoms with Crippen molar-refractivity contribution in [3.05, 3.63) is 53.6 Å². The molecule has 0 spiro atoms. The summed E-state index contributed by atoms with van der Waals surface area (Å²) in [6.07, 6.45) is -3.38. The highest BCUT2D eigenvalue weighted by Gasteiger charge is 2.30. The fourth-order valence-electron chi connectivity index (χ4n) is 4.02. The van der Waals surface area contributed by atoms with Crippen molar-refractivity contribution in [3.63, 3.8) is 0 Å². The van der Waals surface area contributed by atoms with Crippen LogP contribution in [0.15, 0.2) is 42.5 Å². The number of rotatable bonds is 6. The number of hydrogen-bond acceptors (Lipinski definition) is 5. The van der Waals surface area contributed by atoms with E-state index in [0.29, 0.717) is 36.8 Å². The Kier molecular flexibility index (Phi) is 6.94. The molecule has 2 heterocycles. The summed E-state index contributed by atoms with van der Waals surface area (Å²) < 4.78 is 49.4. The van der Waals surface area contributed by atoms with E-state index in [-0.39, 0.29) is 5.69 Å². The quantitative estimate of drug-likeness (QED) is 0.605. The van der Waals surface area contributed by atoms with E-state index in [9.17, 15) is 23.1 Å². The van der Waals surface area contributed by atoms with E-state index in [1.807, 2.05) is 0 Å². The first kappa shape index (κ1) is 23.2. The Morgan fingerprint density at radius 3 is 2.36 bits per heavy atom. The van der Waals surface area contributed by atoms with Gasteiger partial charge in [-0.25, -0.2) is 4.79 Å². The van der Waals surface area contributed by atoms with E-state index in [1.54, 1.807) is 18.2 Å². The number of urea groups is 1. The lowest BCUT2D eigenvalue weighted by molar-refractivity contribution is -0.137. The molecule has 2 aromatic rings. The number of carbonyl (C=O) groups is 1. The number of alkyl halides is 3. The molecular formula is C23H26F3N3O4. The molecule has 2 aromatic carbocycles. The number of fused-ring (bicyclic) bond motifs is 1. The van der Waals surface area contributed by atoms with Gasteiger partial charge in [0.25, 0.3) is 0 Å². The third kappa shape index (κ3) is 5.88. The van der Waals surface area contributed by atoms with Gasteiger partial charge in [0.2, 0.25) is 0 Å². The topological polar surface area (TPSA) is 83.1 Å². The van der Waals surface area contributed by atoms with Crippen molar-refractivity contribution in [2.75, 3.05) is 38.2 Å². The predicted molar refractivity (Wildman–Crippen MR) is 115 cm³/mol. The van der Waals surface area contributed by atoms with Crippen LogP contribution in [0.4, 0.5) is 23.7 Å². The Hall–Kier alpha value is -2.98. The largest absolute Gasteiger partial charge is 0.486 e. The first-order valence-corrected chi connectivity index (χ1v) is 10.8. The lowest BCUT2D eigenvalue weighted by atomic mass is 10.0. The van der Waals surface area contributed by atoms with Crippen LogP contribution in [0.2, 0.25) is 0 Å². The van der Waals surface area contributed by atoms with Crippen LogP contribution < -0.4 is 20.1 Å². The first-order valence-electron chi connectivity index (χ1n) is 10.8. The lowest BCUT2D eigenvalue weighted by Crippen LogP contribution is -2.48. The van der Waals surface area contributed by atoms with Crippen molar-refractivity contribution in [1.29, 1.82) is 0 Å². The van der Waals surface area contributed by atoms with Gasteiger partial charge in [0.05, 0.1) is 11.6 Å². The number of carbonyl (C=O) groups excluding carboxylic acids is 1. The summed E-state index contributed by atoms with van der Waals surface area (Å²) in [4.78, 5) is 14.8. The van der Waals surface area contributed by atoms with Crippen molar-refractivity contribution >= 4 is 11.7 Å². The number of nitrogens with one attached hydrogen (secondary N) is 2. The standard InChI is InChI=1S/C23H26F3N3O4/c24-23(25,26)16-4-6-17(7-5-16)27-22(31)28-18(14-29-9-1-2-10-29)21(30)15-3-8-19-20(13-15)33-12-11-32-19/h3-8,13,18,21,30H,1-2,9-12,14H2,(H2,27,28,31)/t18-,21-/m1/s1. The predicted octanol–water partition coefficient (Wildman–Crippen LogP) is 3.80. The number of aliphatic hydroxyl groups excluding tert-OH is 1. The molecule has 178 valence electrons. The molecule has 2 aliphatic rings. The number of hydrogen-bond donors (Lipinski definition) is 3. The normalized spacial score (nSPS) is 17.9. The molecular weight excluding hydrogens is 439 g/mol. The van der Waals surface area contributed by atoms with Gasteiger partial charge in [0.1, 0.15) is 19.3 Å². The second kappa shape index (κ2) is 9.88. The molecule has 1 saturated heterocycles. The van der Waals surface area contributed by atoms with Crippen LogP contribution in [0, 0.1) is 0 Å². The number of anilines is 1. The third-order valence-electron chi connectivity index (χ3n) is 5.73. The Balaban J connectivity index is 1.46. The van der Waals surface area contributed by atoms with Gasteiger partial charge < -0.3 is 30.1 Å². The van der Waals surface area contributed by atoms with Crippen LogP contribution in [0.25, 0.3) is 0 Å². The zero-order valence-corrected chi connectivity index (χ0v) is 17.9. The van der Waals surface area contributed by atoms with E-state index in [2.05, 4.69) is 15.5 Å². The highest BCUT2D eigenvalue weighted by atomic mass is 19.4. The summed E-state index contributed by atoms with van der Waals surface area (Å²) in [5, 5.41) is 16.4. The van der Waals surface area contributed by atoms with Gasteiger partial charge in [-0.05, 0) is 67.9 Å². The maximum absolute atomic E-state index is 12.8. The first-order chi connectivity index (χ1) is 15.8. The average Bonchev–Trinajstić information content (AvgIpc) is 3.31. The third-order valence-corrected chi connectivity index (χ3v) is 5.73. The smallest absolute Gasteiger partial charge is 0.416 e. The van der Waals surface area contributed by atoms with E-state index in [4.69, 9.17) is 9.47 Å². The summed E-state index contributed by atoms with van der Waals surface area (Å²) >= 11 is 0. The number of nitrogens with zero attached hydrogens (tertiary/aromatic N) is 1. The van der Waals surface area contributed by atoms with Crippen molar-refractivity contribution in [2.24, 2.45) is 0 Å². The fraction of sp³-hybridized carbons (Fsp3) is 0.435. The molecule has 3 N–H and O–H groups in total. The molecule has 7 nitrogen and oxygen atoms in total.